The Labute approximate surface area is 180 Å². The number of aryl methyl sites for hydroxylation is 1. The molecule has 0 spiro atoms. The van der Waals surface area contributed by atoms with Crippen molar-refractivity contribution in [3.05, 3.63) is 35.4 Å². The predicted molar refractivity (Wildman–Crippen MR) is 112 cm³/mol. The van der Waals surface area contributed by atoms with Gasteiger partial charge in [0.25, 0.3) is 5.91 Å². The van der Waals surface area contributed by atoms with Crippen molar-refractivity contribution < 1.29 is 34.2 Å². The first-order valence-corrected chi connectivity index (χ1v) is 9.97. The van der Waals surface area contributed by atoms with Gasteiger partial charge in [0.1, 0.15) is 6.04 Å². The summed E-state index contributed by atoms with van der Waals surface area (Å²) in [5.74, 6) is -2.98. The Morgan fingerprint density at radius 2 is 1.52 bits per heavy atom. The molecule has 170 valence electrons. The Bertz CT molecular complexity index is 793. The van der Waals surface area contributed by atoms with Crippen molar-refractivity contribution in [2.24, 2.45) is 0 Å². The standard InChI is InChI=1S/C21H29N3O7/c1-13-6-8-15(9-7-13)19(28)22-12-4-3-5-17(20(29)30)24-21(31)23-16(14(2)25)10-11-18(26)27/h6-9,16-17H,3-5,10-12H2,1-2H3,(H,22,28)(H,26,27)(H,29,30)(H2,23,24,31)/t16-,17-/m0/s1. The lowest BCUT2D eigenvalue weighted by Crippen LogP contribution is -2.50. The van der Waals surface area contributed by atoms with E-state index in [0.29, 0.717) is 24.9 Å². The van der Waals surface area contributed by atoms with Crippen LogP contribution in [0.25, 0.3) is 0 Å². The van der Waals surface area contributed by atoms with E-state index in [-0.39, 0.29) is 25.2 Å². The molecule has 5 N–H and O–H groups in total. The number of carboxylic acid groups (broad SMARTS) is 2. The van der Waals surface area contributed by atoms with E-state index in [1.165, 1.54) is 6.92 Å². The van der Waals surface area contributed by atoms with Gasteiger partial charge in [0.2, 0.25) is 0 Å². The highest BCUT2D eigenvalue weighted by Crippen LogP contribution is 2.05. The first-order chi connectivity index (χ1) is 14.6. The molecular formula is C21H29N3O7. The van der Waals surface area contributed by atoms with Crippen molar-refractivity contribution in [2.45, 2.75) is 58.0 Å². The zero-order valence-electron chi connectivity index (χ0n) is 17.6. The number of rotatable bonds is 13. The third-order valence-electron chi connectivity index (χ3n) is 4.57. The van der Waals surface area contributed by atoms with Crippen molar-refractivity contribution >= 4 is 29.7 Å². The van der Waals surface area contributed by atoms with E-state index < -0.39 is 35.8 Å². The van der Waals surface area contributed by atoms with Crippen molar-refractivity contribution in [1.29, 1.82) is 0 Å². The Morgan fingerprint density at radius 3 is 2.06 bits per heavy atom. The fraction of sp³-hybridized carbons (Fsp3) is 0.476. The number of urea groups is 1. The fourth-order valence-corrected chi connectivity index (χ4v) is 2.74. The summed E-state index contributed by atoms with van der Waals surface area (Å²) in [6.45, 7) is 3.49. The lowest BCUT2D eigenvalue weighted by molar-refractivity contribution is -0.139. The normalized spacial score (nSPS) is 12.3. The molecular weight excluding hydrogens is 406 g/mol. The number of benzene rings is 1. The molecule has 10 nitrogen and oxygen atoms in total. The zero-order valence-corrected chi connectivity index (χ0v) is 17.6. The topological polar surface area (TPSA) is 162 Å². The van der Waals surface area contributed by atoms with Crippen LogP contribution >= 0.6 is 0 Å². The highest BCUT2D eigenvalue weighted by Gasteiger charge is 2.23. The van der Waals surface area contributed by atoms with Gasteiger partial charge in [0, 0.05) is 18.5 Å². The minimum Gasteiger partial charge on any atom is -0.481 e. The molecule has 0 aromatic heterocycles. The van der Waals surface area contributed by atoms with Gasteiger partial charge in [0.05, 0.1) is 6.04 Å². The van der Waals surface area contributed by atoms with Gasteiger partial charge in [0.15, 0.2) is 5.78 Å². The van der Waals surface area contributed by atoms with Crippen LogP contribution in [0.2, 0.25) is 0 Å². The quantitative estimate of drug-likeness (QED) is 0.293. The number of Topliss-reactive ketones (excluding diaryl/α,β-unsaturated/α-hetero) is 1. The third kappa shape index (κ3) is 10.2. The maximum Gasteiger partial charge on any atom is 0.326 e. The molecule has 10 heteroatoms. The van der Waals surface area contributed by atoms with Crippen LogP contribution in [0, 0.1) is 6.92 Å². The number of aliphatic carboxylic acids is 2. The number of nitrogens with one attached hydrogen (secondary N) is 3. The Hall–Kier alpha value is -3.43. The van der Waals surface area contributed by atoms with Gasteiger partial charge in [-0.25, -0.2) is 9.59 Å². The van der Waals surface area contributed by atoms with Crippen LogP contribution in [0.15, 0.2) is 24.3 Å². The molecule has 0 unspecified atom stereocenters. The Morgan fingerprint density at radius 1 is 0.903 bits per heavy atom. The molecule has 0 aliphatic rings. The van der Waals surface area contributed by atoms with Gasteiger partial charge in [-0.05, 0) is 51.7 Å². The van der Waals surface area contributed by atoms with Crippen molar-refractivity contribution in [3.63, 3.8) is 0 Å². The third-order valence-corrected chi connectivity index (χ3v) is 4.57. The van der Waals surface area contributed by atoms with E-state index in [9.17, 15) is 29.1 Å². The molecule has 0 radical (unpaired) electrons. The van der Waals surface area contributed by atoms with E-state index in [4.69, 9.17) is 5.11 Å². The van der Waals surface area contributed by atoms with E-state index >= 15 is 0 Å². The summed E-state index contributed by atoms with van der Waals surface area (Å²) >= 11 is 0. The van der Waals surface area contributed by atoms with E-state index in [0.717, 1.165) is 5.56 Å². The molecule has 0 saturated carbocycles. The minimum atomic E-state index is -1.23. The average molecular weight is 435 g/mol. The van der Waals surface area contributed by atoms with Gasteiger partial charge in [-0.2, -0.15) is 0 Å². The number of carbonyl (C=O) groups is 5. The number of carbonyl (C=O) groups excluding carboxylic acids is 3. The summed E-state index contributed by atoms with van der Waals surface area (Å²) in [5.41, 5.74) is 1.58. The van der Waals surface area contributed by atoms with Crippen molar-refractivity contribution in [2.75, 3.05) is 6.54 Å². The van der Waals surface area contributed by atoms with E-state index in [1.807, 2.05) is 19.1 Å². The smallest absolute Gasteiger partial charge is 0.326 e. The lowest BCUT2D eigenvalue weighted by Gasteiger charge is -2.19. The molecule has 0 aliphatic carbocycles. The SMILES string of the molecule is CC(=O)[C@H](CCC(=O)O)NC(=O)N[C@@H](CCCCNC(=O)c1ccc(C)cc1)C(=O)O. The molecule has 0 aliphatic heterocycles. The van der Waals surface area contributed by atoms with Crippen LogP contribution in [0.5, 0.6) is 0 Å². The number of hydrogen-bond acceptors (Lipinski definition) is 5. The fourth-order valence-electron chi connectivity index (χ4n) is 2.74. The molecule has 1 aromatic carbocycles. The molecule has 0 bridgehead atoms. The maximum atomic E-state index is 12.0. The minimum absolute atomic E-state index is 0.0868. The number of amides is 3. The summed E-state index contributed by atoms with van der Waals surface area (Å²) in [6, 6.07) is 4.06. The van der Waals surface area contributed by atoms with E-state index in [1.54, 1.807) is 12.1 Å². The van der Waals surface area contributed by atoms with Crippen molar-refractivity contribution in [1.82, 2.24) is 16.0 Å². The van der Waals surface area contributed by atoms with E-state index in [2.05, 4.69) is 16.0 Å². The van der Waals surface area contributed by atoms with Gasteiger partial charge < -0.3 is 26.2 Å². The van der Waals surface area contributed by atoms with Gasteiger partial charge in [-0.15, -0.1) is 0 Å². The lowest BCUT2D eigenvalue weighted by atomic mass is 10.1. The summed E-state index contributed by atoms with van der Waals surface area (Å²) in [6.07, 6.45) is 0.681. The van der Waals surface area contributed by atoms with Crippen LogP contribution in [-0.2, 0) is 14.4 Å². The predicted octanol–water partition coefficient (Wildman–Crippen LogP) is 1.47. The van der Waals surface area contributed by atoms with Crippen molar-refractivity contribution in [3.8, 4) is 0 Å². The average Bonchev–Trinajstić information content (AvgIpc) is 2.69. The Kier molecular flexibility index (Phi) is 10.7. The molecule has 31 heavy (non-hydrogen) atoms. The van der Waals surface area contributed by atoms with Crippen LogP contribution in [0.3, 0.4) is 0 Å². The number of hydrogen-bond donors (Lipinski definition) is 5. The second-order valence-electron chi connectivity index (χ2n) is 7.22. The van der Waals surface area contributed by atoms with Gasteiger partial charge in [-0.3, -0.25) is 14.4 Å². The Balaban J connectivity index is 2.41. The molecule has 1 rings (SSSR count). The number of ketones is 1. The first-order valence-electron chi connectivity index (χ1n) is 9.97. The molecule has 0 saturated heterocycles. The summed E-state index contributed by atoms with van der Waals surface area (Å²) in [4.78, 5) is 57.6. The van der Waals surface area contributed by atoms with Crippen LogP contribution in [0.1, 0.15) is 54.9 Å². The second kappa shape index (κ2) is 13.0. The monoisotopic (exact) mass is 435 g/mol. The molecule has 1 aromatic rings. The molecule has 0 fully saturated rings. The number of carboxylic acids is 2. The second-order valence-corrected chi connectivity index (χ2v) is 7.22. The van der Waals surface area contributed by atoms with Crippen LogP contribution < -0.4 is 16.0 Å². The number of unbranched alkanes of at least 4 members (excludes halogenated alkanes) is 1. The van der Waals surface area contributed by atoms with Crippen LogP contribution in [-0.4, -0.2) is 58.5 Å². The molecule has 3 amide bonds. The highest BCUT2D eigenvalue weighted by atomic mass is 16.4. The summed E-state index contributed by atoms with van der Waals surface area (Å²) in [7, 11) is 0. The summed E-state index contributed by atoms with van der Waals surface area (Å²) in [5, 5.41) is 25.4. The molecule has 0 heterocycles. The summed E-state index contributed by atoms with van der Waals surface area (Å²) < 4.78 is 0. The van der Waals surface area contributed by atoms with Crippen LogP contribution in [0.4, 0.5) is 4.79 Å². The first kappa shape index (κ1) is 25.6. The largest absolute Gasteiger partial charge is 0.481 e. The molecule has 2 atom stereocenters. The zero-order chi connectivity index (χ0) is 23.4. The van der Waals surface area contributed by atoms with Gasteiger partial charge >= 0.3 is 18.0 Å². The highest BCUT2D eigenvalue weighted by molar-refractivity contribution is 5.94. The van der Waals surface area contributed by atoms with Gasteiger partial charge in [-0.1, -0.05) is 17.7 Å². The maximum absolute atomic E-state index is 12.0.